The van der Waals surface area contributed by atoms with Gasteiger partial charge in [0.05, 0.1) is 21.0 Å². The summed E-state index contributed by atoms with van der Waals surface area (Å²) in [5.74, 6) is -0.244. The average Bonchev–Trinajstić information content (AvgIpc) is 2.33. The number of ether oxygens (including phenoxy) is 1. The summed E-state index contributed by atoms with van der Waals surface area (Å²) in [6.45, 7) is 1.51. The van der Waals surface area contributed by atoms with Crippen LogP contribution >= 0.6 is 22.6 Å². The maximum absolute atomic E-state index is 13.4. The van der Waals surface area contributed by atoms with Gasteiger partial charge in [-0.15, -0.1) is 0 Å². The molecule has 0 radical (unpaired) electrons. The Morgan fingerprint density at radius 3 is 3.00 bits per heavy atom. The Bertz CT molecular complexity index is 394. The fourth-order valence-electron chi connectivity index (χ4n) is 1.91. The van der Waals surface area contributed by atoms with Gasteiger partial charge < -0.3 is 15.8 Å². The number of hydrogen-bond donors (Lipinski definition) is 2. The first kappa shape index (κ1) is 12.9. The predicted octanol–water partition coefficient (Wildman–Crippen LogP) is 2.99. The van der Waals surface area contributed by atoms with Crippen LogP contribution in [0.2, 0.25) is 0 Å². The number of anilines is 2. The van der Waals surface area contributed by atoms with Crippen LogP contribution in [0.5, 0.6) is 0 Å². The molecule has 1 unspecified atom stereocenters. The van der Waals surface area contributed by atoms with E-state index in [-0.39, 0.29) is 11.9 Å². The van der Waals surface area contributed by atoms with Crippen molar-refractivity contribution in [2.24, 2.45) is 0 Å². The Kier molecular flexibility index (Phi) is 4.44. The highest BCUT2D eigenvalue weighted by molar-refractivity contribution is 14.1. The predicted molar refractivity (Wildman–Crippen MR) is 75.6 cm³/mol. The summed E-state index contributed by atoms with van der Waals surface area (Å²) in [4.78, 5) is 0. The van der Waals surface area contributed by atoms with Crippen molar-refractivity contribution in [2.45, 2.75) is 25.4 Å². The average molecular weight is 350 g/mol. The molecule has 1 fully saturated rings. The largest absolute Gasteiger partial charge is 0.397 e. The summed E-state index contributed by atoms with van der Waals surface area (Å²) in [6.07, 6.45) is 3.60. The highest BCUT2D eigenvalue weighted by Crippen LogP contribution is 2.24. The third kappa shape index (κ3) is 3.45. The molecule has 3 nitrogen and oxygen atoms in total. The molecule has 0 bridgehead atoms. The van der Waals surface area contributed by atoms with Gasteiger partial charge in [0.25, 0.3) is 0 Å². The molecule has 94 valence electrons. The van der Waals surface area contributed by atoms with Crippen LogP contribution in [0, 0.1) is 9.39 Å². The molecule has 1 aliphatic rings. The van der Waals surface area contributed by atoms with Crippen molar-refractivity contribution < 1.29 is 9.13 Å². The summed E-state index contributed by atoms with van der Waals surface area (Å²) in [5, 5.41) is 3.16. The van der Waals surface area contributed by atoms with Crippen LogP contribution in [0.15, 0.2) is 12.1 Å². The number of rotatable bonds is 3. The SMILES string of the molecule is Nc1cc(I)c(F)cc1NCC1CCCCO1. The second-order valence-electron chi connectivity index (χ2n) is 4.22. The molecule has 1 aromatic carbocycles. The molecule has 1 aromatic rings. The van der Waals surface area contributed by atoms with Gasteiger partial charge in [0.1, 0.15) is 5.82 Å². The normalized spacial score (nSPS) is 20.2. The number of halogens is 2. The number of nitrogens with one attached hydrogen (secondary N) is 1. The highest BCUT2D eigenvalue weighted by Gasteiger charge is 2.14. The maximum Gasteiger partial charge on any atom is 0.138 e. The molecule has 0 aliphatic carbocycles. The van der Waals surface area contributed by atoms with Crippen molar-refractivity contribution in [2.75, 3.05) is 24.2 Å². The molecule has 0 amide bonds. The fourth-order valence-corrected chi connectivity index (χ4v) is 2.40. The lowest BCUT2D eigenvalue weighted by molar-refractivity contribution is 0.0247. The minimum Gasteiger partial charge on any atom is -0.397 e. The van der Waals surface area contributed by atoms with Gasteiger partial charge in [-0.05, 0) is 47.9 Å². The minimum atomic E-state index is -0.244. The lowest BCUT2D eigenvalue weighted by atomic mass is 10.1. The molecule has 2 rings (SSSR count). The summed E-state index contributed by atoms with van der Waals surface area (Å²) >= 11 is 1.93. The standard InChI is InChI=1S/C12H16FIN2O/c13-9-5-12(11(15)6-10(9)14)16-7-8-3-1-2-4-17-8/h5-6,8,16H,1-4,7,15H2. The van der Waals surface area contributed by atoms with Gasteiger partial charge in [-0.1, -0.05) is 0 Å². The summed E-state index contributed by atoms with van der Waals surface area (Å²) < 4.78 is 19.5. The van der Waals surface area contributed by atoms with E-state index in [4.69, 9.17) is 10.5 Å². The van der Waals surface area contributed by atoms with Crippen molar-refractivity contribution in [1.29, 1.82) is 0 Å². The molecule has 0 saturated carbocycles. The van der Waals surface area contributed by atoms with Gasteiger partial charge in [-0.25, -0.2) is 4.39 Å². The van der Waals surface area contributed by atoms with E-state index in [1.54, 1.807) is 6.07 Å². The molecule has 1 saturated heterocycles. The maximum atomic E-state index is 13.4. The van der Waals surface area contributed by atoms with Gasteiger partial charge in [0.2, 0.25) is 0 Å². The van der Waals surface area contributed by atoms with E-state index in [0.717, 1.165) is 19.4 Å². The van der Waals surface area contributed by atoms with Crippen molar-refractivity contribution in [3.8, 4) is 0 Å². The zero-order chi connectivity index (χ0) is 12.3. The van der Waals surface area contributed by atoms with Crippen molar-refractivity contribution in [1.82, 2.24) is 0 Å². The lowest BCUT2D eigenvalue weighted by Crippen LogP contribution is -2.27. The third-order valence-corrected chi connectivity index (χ3v) is 3.71. The van der Waals surface area contributed by atoms with Crippen LogP contribution in [-0.4, -0.2) is 19.3 Å². The molecule has 0 aromatic heterocycles. The van der Waals surface area contributed by atoms with E-state index in [1.165, 1.54) is 12.5 Å². The summed E-state index contributed by atoms with van der Waals surface area (Å²) in [7, 11) is 0. The molecule has 0 spiro atoms. The first-order valence-electron chi connectivity index (χ1n) is 5.77. The third-order valence-electron chi connectivity index (χ3n) is 2.89. The monoisotopic (exact) mass is 350 g/mol. The smallest absolute Gasteiger partial charge is 0.138 e. The van der Waals surface area contributed by atoms with Gasteiger partial charge in [-0.3, -0.25) is 0 Å². The topological polar surface area (TPSA) is 47.3 Å². The first-order chi connectivity index (χ1) is 8.16. The van der Waals surface area contributed by atoms with Gasteiger partial charge >= 0.3 is 0 Å². The summed E-state index contributed by atoms with van der Waals surface area (Å²) in [6, 6.07) is 3.08. The van der Waals surface area contributed by atoms with Crippen LogP contribution in [-0.2, 0) is 4.74 Å². The number of nitrogens with two attached hydrogens (primary N) is 1. The van der Waals surface area contributed by atoms with E-state index < -0.39 is 0 Å². The molecular weight excluding hydrogens is 334 g/mol. The Labute approximate surface area is 114 Å². The Hall–Kier alpha value is -0.560. The first-order valence-corrected chi connectivity index (χ1v) is 6.84. The molecule has 17 heavy (non-hydrogen) atoms. The van der Waals surface area contributed by atoms with Crippen LogP contribution in [0.4, 0.5) is 15.8 Å². The highest BCUT2D eigenvalue weighted by atomic mass is 127. The Morgan fingerprint density at radius 2 is 2.29 bits per heavy atom. The molecular formula is C12H16FIN2O. The van der Waals surface area contributed by atoms with E-state index >= 15 is 0 Å². The fraction of sp³-hybridized carbons (Fsp3) is 0.500. The van der Waals surface area contributed by atoms with E-state index in [0.29, 0.717) is 21.5 Å². The molecule has 1 aliphatic heterocycles. The van der Waals surface area contributed by atoms with Crippen LogP contribution in [0.3, 0.4) is 0 Å². The number of nitrogen functional groups attached to an aromatic ring is 1. The quantitative estimate of drug-likeness (QED) is 0.651. The van der Waals surface area contributed by atoms with Crippen LogP contribution < -0.4 is 11.1 Å². The Morgan fingerprint density at radius 1 is 1.47 bits per heavy atom. The second-order valence-corrected chi connectivity index (χ2v) is 5.39. The summed E-state index contributed by atoms with van der Waals surface area (Å²) in [5.41, 5.74) is 7.06. The van der Waals surface area contributed by atoms with Crippen LogP contribution in [0.25, 0.3) is 0 Å². The van der Waals surface area contributed by atoms with Crippen molar-refractivity contribution in [3.05, 3.63) is 21.5 Å². The van der Waals surface area contributed by atoms with Crippen LogP contribution in [0.1, 0.15) is 19.3 Å². The van der Waals surface area contributed by atoms with Crippen molar-refractivity contribution in [3.63, 3.8) is 0 Å². The van der Waals surface area contributed by atoms with Gasteiger partial charge in [0, 0.05) is 19.2 Å². The minimum absolute atomic E-state index is 0.213. The molecule has 5 heteroatoms. The zero-order valence-electron chi connectivity index (χ0n) is 9.51. The van der Waals surface area contributed by atoms with Gasteiger partial charge in [0.15, 0.2) is 0 Å². The zero-order valence-corrected chi connectivity index (χ0v) is 11.7. The van der Waals surface area contributed by atoms with E-state index in [1.807, 2.05) is 22.6 Å². The number of benzene rings is 1. The van der Waals surface area contributed by atoms with E-state index in [9.17, 15) is 4.39 Å². The molecule has 1 heterocycles. The van der Waals surface area contributed by atoms with Crippen molar-refractivity contribution >= 4 is 34.0 Å². The lowest BCUT2D eigenvalue weighted by Gasteiger charge is -2.23. The second kappa shape index (κ2) is 5.86. The molecule has 3 N–H and O–H groups in total. The Balaban J connectivity index is 1.96. The molecule has 1 atom stereocenters. The van der Waals surface area contributed by atoms with E-state index in [2.05, 4.69) is 5.32 Å². The number of hydrogen-bond acceptors (Lipinski definition) is 3. The van der Waals surface area contributed by atoms with Gasteiger partial charge in [-0.2, -0.15) is 0 Å².